The third-order valence-corrected chi connectivity index (χ3v) is 7.76. The Morgan fingerprint density at radius 2 is 1.67 bits per heavy atom. The molecule has 1 fully saturated rings. The highest BCUT2D eigenvalue weighted by atomic mass is 32.2. The number of nitro groups is 1. The molecule has 2 aliphatic rings. The average molecular weight is 566 g/mol. The van der Waals surface area contributed by atoms with E-state index in [0.717, 1.165) is 18.2 Å². The molecule has 39 heavy (non-hydrogen) atoms. The van der Waals surface area contributed by atoms with Gasteiger partial charge in [-0.2, -0.15) is 21.6 Å². The minimum atomic E-state index is -4.83. The van der Waals surface area contributed by atoms with E-state index in [1.165, 1.54) is 29.2 Å². The summed E-state index contributed by atoms with van der Waals surface area (Å²) in [6.07, 6.45) is -0.607. The van der Waals surface area contributed by atoms with E-state index in [1.807, 2.05) is 4.90 Å². The van der Waals surface area contributed by atoms with Gasteiger partial charge in [0, 0.05) is 37.6 Å². The molecule has 0 spiro atoms. The number of amides is 1. The van der Waals surface area contributed by atoms with Gasteiger partial charge in [-0.1, -0.05) is 54.6 Å². The second-order valence-corrected chi connectivity index (χ2v) is 11.0. The van der Waals surface area contributed by atoms with Gasteiger partial charge < -0.3 is 4.90 Å². The maximum atomic E-state index is 13.7. The molecule has 0 bridgehead atoms. The molecule has 0 aromatic heterocycles. The lowest BCUT2D eigenvalue weighted by Crippen LogP contribution is -2.58. The second-order valence-electron chi connectivity index (χ2n) is 9.57. The monoisotopic (exact) mass is 565 g/mol. The Balaban J connectivity index is 1.53. The van der Waals surface area contributed by atoms with Gasteiger partial charge in [0.15, 0.2) is 5.75 Å². The molecule has 0 radical (unpaired) electrons. The van der Waals surface area contributed by atoms with Gasteiger partial charge in [0.2, 0.25) is 5.91 Å². The van der Waals surface area contributed by atoms with Crippen molar-refractivity contribution in [2.45, 2.75) is 18.3 Å². The van der Waals surface area contributed by atoms with Crippen molar-refractivity contribution in [2.24, 2.45) is 5.92 Å². The van der Waals surface area contributed by atoms with Crippen LogP contribution in [0.2, 0.25) is 0 Å². The molecule has 1 aliphatic heterocycles. The summed E-state index contributed by atoms with van der Waals surface area (Å²) in [5.41, 5.74) is -1.30. The fourth-order valence-electron chi connectivity index (χ4n) is 4.86. The van der Waals surface area contributed by atoms with Crippen molar-refractivity contribution in [3.05, 3.63) is 99.6 Å². The lowest BCUT2D eigenvalue weighted by Gasteiger charge is -2.38. The van der Waals surface area contributed by atoms with Crippen molar-refractivity contribution in [1.82, 2.24) is 9.80 Å². The van der Waals surface area contributed by atoms with E-state index < -0.39 is 49.9 Å². The summed E-state index contributed by atoms with van der Waals surface area (Å²) in [5, 5.41) is 12.2. The van der Waals surface area contributed by atoms with Gasteiger partial charge in [0.05, 0.1) is 5.56 Å². The number of piperazine rings is 1. The summed E-state index contributed by atoms with van der Waals surface area (Å²) in [6, 6.07) is 13.6. The Hall–Kier alpha value is -3.55. The Morgan fingerprint density at radius 3 is 2.21 bits per heavy atom. The first kappa shape index (κ1) is 28.5. The summed E-state index contributed by atoms with van der Waals surface area (Å²) in [4.78, 5) is 28.4. The molecule has 208 valence electrons. The molecule has 1 amide bonds. The maximum absolute atomic E-state index is 13.7. The molecule has 9 nitrogen and oxygen atoms in total. The van der Waals surface area contributed by atoms with Gasteiger partial charge in [-0.05, 0) is 34.9 Å². The van der Waals surface area contributed by atoms with Crippen LogP contribution in [0.15, 0.2) is 72.8 Å². The van der Waals surface area contributed by atoms with Crippen molar-refractivity contribution < 1.29 is 35.9 Å². The van der Waals surface area contributed by atoms with Crippen molar-refractivity contribution >= 4 is 21.6 Å². The first-order valence-corrected chi connectivity index (χ1v) is 13.6. The Bertz CT molecular complexity index is 1390. The predicted molar refractivity (Wildman–Crippen MR) is 136 cm³/mol. The van der Waals surface area contributed by atoms with Crippen LogP contribution >= 0.6 is 0 Å². The molecule has 2 aromatic carbocycles. The smallest absolute Gasteiger partial charge is 0.339 e. The van der Waals surface area contributed by atoms with Gasteiger partial charge in [0.25, 0.3) is 15.7 Å². The normalized spacial score (nSPS) is 22.4. The maximum Gasteiger partial charge on any atom is 0.416 e. The Morgan fingerprint density at radius 1 is 1.05 bits per heavy atom. The number of allylic oxidation sites excluding steroid dienone is 2. The summed E-state index contributed by atoms with van der Waals surface area (Å²) in [7, 11) is -4.83. The van der Waals surface area contributed by atoms with E-state index in [0.29, 0.717) is 36.3 Å². The molecule has 0 saturated carbocycles. The van der Waals surface area contributed by atoms with Crippen LogP contribution in [0.4, 0.5) is 13.2 Å². The van der Waals surface area contributed by atoms with E-state index in [1.54, 1.807) is 30.3 Å². The summed E-state index contributed by atoms with van der Waals surface area (Å²) in [5.74, 6) is -3.43. The standard InChI is InChI=1S/C26H26F3N3O6S/c27-26(28,29)22-8-6-19(7-9-22)17-30-12-14-31(15-13-30)24(33)23-16-21(20-4-2-1-3-5-20)10-11-25(23,32(34)35)18-39(36,37)38/h1-11,16,23H,12-15,17-18H2,(H,36,37,38). The molecule has 13 heteroatoms. The van der Waals surface area contributed by atoms with Crippen LogP contribution in [-0.4, -0.2) is 71.1 Å². The molecule has 1 N–H and O–H groups in total. The fraction of sp³-hybridized carbons (Fsp3) is 0.346. The van der Waals surface area contributed by atoms with Crippen molar-refractivity contribution in [3.63, 3.8) is 0 Å². The third-order valence-electron chi connectivity index (χ3n) is 6.93. The molecule has 2 atom stereocenters. The number of halogens is 3. The van der Waals surface area contributed by atoms with E-state index in [2.05, 4.69) is 0 Å². The lowest BCUT2D eigenvalue weighted by molar-refractivity contribution is -0.554. The minimum absolute atomic E-state index is 0.174. The van der Waals surface area contributed by atoms with Gasteiger partial charge >= 0.3 is 6.18 Å². The zero-order chi connectivity index (χ0) is 28.4. The van der Waals surface area contributed by atoms with Crippen molar-refractivity contribution in [2.75, 3.05) is 31.9 Å². The number of carbonyl (C=O) groups is 1. The second kappa shape index (κ2) is 10.9. The minimum Gasteiger partial charge on any atom is -0.339 e. The van der Waals surface area contributed by atoms with Crippen LogP contribution in [0.1, 0.15) is 16.7 Å². The number of alkyl halides is 3. The first-order chi connectivity index (χ1) is 18.3. The first-order valence-electron chi connectivity index (χ1n) is 12.0. The van der Waals surface area contributed by atoms with Crippen LogP contribution in [0, 0.1) is 16.0 Å². The molecule has 1 heterocycles. The molecule has 2 unspecified atom stereocenters. The highest BCUT2D eigenvalue weighted by Gasteiger charge is 2.56. The largest absolute Gasteiger partial charge is 0.416 e. The highest BCUT2D eigenvalue weighted by molar-refractivity contribution is 7.85. The van der Waals surface area contributed by atoms with Gasteiger partial charge in [-0.3, -0.25) is 24.4 Å². The van der Waals surface area contributed by atoms with E-state index in [4.69, 9.17) is 0 Å². The lowest BCUT2D eigenvalue weighted by atomic mass is 9.78. The molecular weight excluding hydrogens is 539 g/mol. The van der Waals surface area contributed by atoms with E-state index in [9.17, 15) is 41.1 Å². The quantitative estimate of drug-likeness (QED) is 0.310. The third kappa shape index (κ3) is 6.54. The Kier molecular flexibility index (Phi) is 7.96. The average Bonchev–Trinajstić information content (AvgIpc) is 2.88. The van der Waals surface area contributed by atoms with Crippen LogP contribution in [-0.2, 0) is 27.6 Å². The van der Waals surface area contributed by atoms with Crippen LogP contribution < -0.4 is 0 Å². The number of hydrogen-bond acceptors (Lipinski definition) is 6. The SMILES string of the molecule is O=C(C1C=C(c2ccccc2)C=CC1(CS(=O)(=O)O)[N+](=O)[O-])N1CCN(Cc2ccc(C(F)(F)F)cc2)CC1. The zero-order valence-corrected chi connectivity index (χ0v) is 21.4. The van der Waals surface area contributed by atoms with Gasteiger partial charge in [-0.15, -0.1) is 0 Å². The van der Waals surface area contributed by atoms with Crippen LogP contribution in [0.25, 0.3) is 5.57 Å². The summed E-state index contributed by atoms with van der Waals surface area (Å²) >= 11 is 0. The number of carbonyl (C=O) groups excluding carboxylic acids is 1. The number of nitrogens with zero attached hydrogens (tertiary/aromatic N) is 3. The zero-order valence-electron chi connectivity index (χ0n) is 20.6. The highest BCUT2D eigenvalue weighted by Crippen LogP contribution is 2.36. The van der Waals surface area contributed by atoms with E-state index in [-0.39, 0.29) is 13.1 Å². The number of rotatable bonds is 7. The summed E-state index contributed by atoms with van der Waals surface area (Å²) < 4.78 is 71.6. The number of hydrogen-bond donors (Lipinski definition) is 1. The van der Waals surface area contributed by atoms with Crippen molar-refractivity contribution in [3.8, 4) is 0 Å². The Labute approximate surface area is 223 Å². The fourth-order valence-corrected chi connectivity index (χ4v) is 5.83. The molecule has 2 aromatic rings. The predicted octanol–water partition coefficient (Wildman–Crippen LogP) is 3.52. The number of benzene rings is 2. The molecule has 1 saturated heterocycles. The van der Waals surface area contributed by atoms with Crippen LogP contribution in [0.3, 0.4) is 0 Å². The molecule has 4 rings (SSSR count). The molecule has 1 aliphatic carbocycles. The van der Waals surface area contributed by atoms with Crippen molar-refractivity contribution in [1.29, 1.82) is 0 Å². The van der Waals surface area contributed by atoms with Gasteiger partial charge in [-0.25, -0.2) is 0 Å². The molecular formula is C26H26F3N3O6S. The topological polar surface area (TPSA) is 121 Å². The summed E-state index contributed by atoms with van der Waals surface area (Å²) in [6.45, 7) is 1.41. The van der Waals surface area contributed by atoms with Crippen LogP contribution in [0.5, 0.6) is 0 Å². The van der Waals surface area contributed by atoms with Gasteiger partial charge in [0.1, 0.15) is 5.92 Å². The van der Waals surface area contributed by atoms with E-state index >= 15 is 0 Å².